The first-order valence-electron chi connectivity index (χ1n) is 21.0. The van der Waals surface area contributed by atoms with Gasteiger partial charge in [-0.05, 0) is 96.8 Å². The van der Waals surface area contributed by atoms with Crippen molar-refractivity contribution in [1.82, 2.24) is 40.3 Å². The number of hydrogen-bond acceptors (Lipinski definition) is 9. The lowest BCUT2D eigenvalue weighted by Gasteiger charge is -2.36. The number of carbonyl (C=O) groups excluding carboxylic acids is 2. The average Bonchev–Trinajstić information content (AvgIpc) is 4.10. The van der Waals surface area contributed by atoms with Crippen LogP contribution in [-0.4, -0.2) is 67.7 Å². The molecule has 3 aliphatic rings. The van der Waals surface area contributed by atoms with Gasteiger partial charge in [0.25, 0.3) is 12.3 Å². The Bertz CT molecular complexity index is 2830. The second-order valence-electron chi connectivity index (χ2n) is 16.5. The number of amides is 2. The van der Waals surface area contributed by atoms with Gasteiger partial charge < -0.3 is 25.4 Å². The molecule has 1 unspecified atom stereocenters. The molecule has 322 valence electrons. The van der Waals surface area contributed by atoms with Crippen LogP contribution in [0.4, 0.5) is 28.4 Å². The quantitative estimate of drug-likeness (QED) is 0.112. The molecule has 2 amide bonds. The number of piperazine rings is 1. The minimum atomic E-state index is -2.79. The first kappa shape index (κ1) is 40.5. The number of thiazole rings is 1. The van der Waals surface area contributed by atoms with Crippen molar-refractivity contribution >= 4 is 44.3 Å². The number of nitrogens with zero attached hydrogens (tertiary/aromatic N) is 7. The number of anilines is 2. The van der Waals surface area contributed by atoms with Gasteiger partial charge in [0.2, 0.25) is 5.91 Å². The molecule has 3 aromatic carbocycles. The number of alkyl halides is 2. The van der Waals surface area contributed by atoms with Crippen LogP contribution in [0.25, 0.3) is 32.9 Å². The monoisotopic (exact) mass is 874 g/mol. The van der Waals surface area contributed by atoms with Gasteiger partial charge >= 0.3 is 0 Å². The highest BCUT2D eigenvalue weighted by Gasteiger charge is 2.31. The van der Waals surface area contributed by atoms with Crippen molar-refractivity contribution in [2.24, 2.45) is 5.92 Å². The third-order valence-electron chi connectivity index (χ3n) is 12.2. The second kappa shape index (κ2) is 16.6. The molecule has 1 fully saturated rings. The molecule has 1 saturated heterocycles. The number of halogens is 4. The van der Waals surface area contributed by atoms with E-state index >= 15 is 0 Å². The molecule has 17 heteroatoms. The number of hydrogen-bond donors (Lipinski definition) is 3. The Labute approximate surface area is 363 Å². The summed E-state index contributed by atoms with van der Waals surface area (Å²) in [4.78, 5) is 49.2. The average molecular weight is 875 g/mol. The number of H-pyrrole nitrogens is 1. The zero-order valence-corrected chi connectivity index (χ0v) is 35.0. The molecular formula is C46H42F4N10O2S. The fourth-order valence-corrected chi connectivity index (χ4v) is 10.0. The normalized spacial score (nSPS) is 16.7. The molecule has 3 N–H and O–H groups in total. The van der Waals surface area contributed by atoms with Crippen molar-refractivity contribution in [1.29, 1.82) is 0 Å². The molecule has 63 heavy (non-hydrogen) atoms. The SMILES string of the molecule is CC1CCc2c(C(F)F)nn(CC(=O)N[C@@H](Cc3cc(F)cc(F)c3)c3nc4nc(N5CCN(c6ccc(-c7ncc[nH]7)cc6)CC5)sc4cc3-c3ccc4c(c3)C(=O)NC4)c2C1. The van der Waals surface area contributed by atoms with E-state index in [1.807, 2.05) is 25.1 Å². The summed E-state index contributed by atoms with van der Waals surface area (Å²) in [5.74, 6) is -1.29. The summed E-state index contributed by atoms with van der Waals surface area (Å²) < 4.78 is 59.9. The molecular weight excluding hydrogens is 833 g/mol. The van der Waals surface area contributed by atoms with Gasteiger partial charge in [0.15, 0.2) is 10.8 Å². The smallest absolute Gasteiger partial charge is 0.282 e. The minimum Gasteiger partial charge on any atom is -0.368 e. The van der Waals surface area contributed by atoms with Gasteiger partial charge in [-0.3, -0.25) is 14.3 Å². The van der Waals surface area contributed by atoms with E-state index in [0.29, 0.717) is 71.8 Å². The Morgan fingerprint density at radius 3 is 2.43 bits per heavy atom. The number of aromatic amines is 1. The number of nitrogens with one attached hydrogen (secondary N) is 3. The zero-order chi connectivity index (χ0) is 43.4. The summed E-state index contributed by atoms with van der Waals surface area (Å²) in [7, 11) is 0. The van der Waals surface area contributed by atoms with Crippen LogP contribution in [0, 0.1) is 17.6 Å². The van der Waals surface area contributed by atoms with Crippen LogP contribution in [0.1, 0.15) is 69.9 Å². The summed E-state index contributed by atoms with van der Waals surface area (Å²) in [6.45, 7) is 4.99. The Kier molecular flexibility index (Phi) is 10.6. The van der Waals surface area contributed by atoms with Crippen LogP contribution in [-0.2, 0) is 37.1 Å². The second-order valence-corrected chi connectivity index (χ2v) is 17.5. The molecule has 1 aliphatic carbocycles. The lowest BCUT2D eigenvalue weighted by atomic mass is 9.88. The van der Waals surface area contributed by atoms with E-state index in [2.05, 4.69) is 59.8 Å². The number of fused-ring (bicyclic) bond motifs is 3. The van der Waals surface area contributed by atoms with Gasteiger partial charge in [-0.25, -0.2) is 27.5 Å². The molecule has 6 heterocycles. The third kappa shape index (κ3) is 8.12. The van der Waals surface area contributed by atoms with Gasteiger partial charge in [-0.1, -0.05) is 30.4 Å². The van der Waals surface area contributed by atoms with Crippen LogP contribution in [0.3, 0.4) is 0 Å². The molecule has 2 aliphatic heterocycles. The van der Waals surface area contributed by atoms with E-state index in [9.17, 15) is 27.2 Å². The van der Waals surface area contributed by atoms with Gasteiger partial charge in [0, 0.05) is 84.8 Å². The van der Waals surface area contributed by atoms with Crippen LogP contribution < -0.4 is 20.4 Å². The summed E-state index contributed by atoms with van der Waals surface area (Å²) in [5, 5.41) is 10.9. The van der Waals surface area contributed by atoms with E-state index in [0.717, 1.165) is 58.0 Å². The van der Waals surface area contributed by atoms with Gasteiger partial charge in [-0.2, -0.15) is 10.1 Å². The number of pyridine rings is 1. The molecule has 0 radical (unpaired) electrons. The molecule has 0 bridgehead atoms. The van der Waals surface area contributed by atoms with E-state index < -0.39 is 30.0 Å². The zero-order valence-electron chi connectivity index (χ0n) is 34.2. The number of aromatic nitrogens is 6. The number of carbonyl (C=O) groups is 2. The number of imidazole rings is 1. The maximum absolute atomic E-state index is 14.7. The number of benzene rings is 3. The van der Waals surface area contributed by atoms with Crippen molar-refractivity contribution in [3.63, 3.8) is 0 Å². The Hall–Kier alpha value is -6.62. The molecule has 4 aromatic heterocycles. The Balaban J connectivity index is 0.996. The minimum absolute atomic E-state index is 0.0741. The van der Waals surface area contributed by atoms with Crippen LogP contribution in [0.5, 0.6) is 0 Å². The van der Waals surface area contributed by atoms with E-state index in [1.54, 1.807) is 18.5 Å². The standard InChI is InChI=1S/C46H42F4N10O2S/c1-25-2-9-33-37(16-25)60(57-41(33)42(49)50)24-39(61)54-36(19-26-17-30(47)21-31(48)18-26)40-34(28-3-4-29-23-53-45(62)35(29)20-28)22-38-44(55-40)56-46(63-38)59-14-12-58(13-15-59)32-7-5-27(6-8-32)43-51-10-11-52-43/h3-8,10-11,17-18,20-22,25,36,42H,2,9,12-16,19,23-24H2,1H3,(H,51,52)(H,53,62)(H,54,61)/t25?,36-/m0/s1. The molecule has 10 rings (SSSR count). The summed E-state index contributed by atoms with van der Waals surface area (Å²) in [6, 6.07) is 18.0. The van der Waals surface area contributed by atoms with Crippen molar-refractivity contribution in [2.45, 2.75) is 58.2 Å². The maximum atomic E-state index is 14.7. The van der Waals surface area contributed by atoms with E-state index in [-0.39, 0.29) is 36.0 Å². The predicted molar refractivity (Wildman–Crippen MR) is 232 cm³/mol. The maximum Gasteiger partial charge on any atom is 0.282 e. The summed E-state index contributed by atoms with van der Waals surface area (Å²) >= 11 is 1.48. The first-order valence-corrected chi connectivity index (χ1v) is 21.8. The van der Waals surface area contributed by atoms with E-state index in [1.165, 1.54) is 28.2 Å². The molecule has 7 aromatic rings. The van der Waals surface area contributed by atoms with Crippen molar-refractivity contribution < 1.29 is 27.2 Å². The lowest BCUT2D eigenvalue weighted by Crippen LogP contribution is -2.46. The van der Waals surface area contributed by atoms with Crippen LogP contribution in [0.15, 0.2) is 79.1 Å². The highest BCUT2D eigenvalue weighted by Crippen LogP contribution is 2.38. The fraction of sp³-hybridized carbons (Fsp3) is 0.304. The van der Waals surface area contributed by atoms with Gasteiger partial charge in [0.05, 0.1) is 16.4 Å². The molecule has 2 atom stereocenters. The third-order valence-corrected chi connectivity index (χ3v) is 13.3. The Morgan fingerprint density at radius 2 is 1.68 bits per heavy atom. The number of rotatable bonds is 11. The highest BCUT2D eigenvalue weighted by molar-refractivity contribution is 7.22. The van der Waals surface area contributed by atoms with Crippen molar-refractivity contribution in [3.05, 3.63) is 130 Å². The Morgan fingerprint density at radius 1 is 0.921 bits per heavy atom. The predicted octanol–water partition coefficient (Wildman–Crippen LogP) is 7.96. The van der Waals surface area contributed by atoms with Crippen molar-refractivity contribution in [2.75, 3.05) is 36.0 Å². The fourth-order valence-electron chi connectivity index (χ4n) is 9.03. The van der Waals surface area contributed by atoms with Crippen molar-refractivity contribution in [3.8, 4) is 22.5 Å². The first-order chi connectivity index (χ1) is 30.5. The molecule has 0 saturated carbocycles. The van der Waals surface area contributed by atoms with Gasteiger partial charge in [0.1, 0.15) is 29.7 Å². The molecule has 0 spiro atoms. The highest BCUT2D eigenvalue weighted by atomic mass is 32.1. The summed E-state index contributed by atoms with van der Waals surface area (Å²) in [6.07, 6.45) is 2.35. The van der Waals surface area contributed by atoms with E-state index in [4.69, 9.17) is 9.97 Å². The molecule has 12 nitrogen and oxygen atoms in total. The lowest BCUT2D eigenvalue weighted by molar-refractivity contribution is -0.122. The van der Waals surface area contributed by atoms with Crippen LogP contribution in [0.2, 0.25) is 0 Å². The topological polar surface area (TPSA) is 137 Å². The van der Waals surface area contributed by atoms with Gasteiger partial charge in [-0.15, -0.1) is 0 Å². The summed E-state index contributed by atoms with van der Waals surface area (Å²) in [5.41, 5.74) is 6.54. The largest absolute Gasteiger partial charge is 0.368 e. The van der Waals surface area contributed by atoms with Crippen LogP contribution >= 0.6 is 11.3 Å².